The second-order valence-corrected chi connectivity index (χ2v) is 5.73. The highest BCUT2D eigenvalue weighted by Gasteiger charge is 2.29. The number of aliphatic imine (C=N–C) groups is 1. The van der Waals surface area contributed by atoms with Gasteiger partial charge < -0.3 is 10.6 Å². The summed E-state index contributed by atoms with van der Waals surface area (Å²) in [5.74, 6) is -0.110. The monoisotopic (exact) mass is 266 g/mol. The smallest absolute Gasteiger partial charge is 0.318 e. The molecule has 2 aliphatic rings. The third-order valence-corrected chi connectivity index (χ3v) is 3.70. The van der Waals surface area contributed by atoms with E-state index in [-0.39, 0.29) is 17.5 Å². The Labute approximate surface area is 113 Å². The molecule has 1 unspecified atom stereocenters. The van der Waals surface area contributed by atoms with Crippen LogP contribution in [0.3, 0.4) is 0 Å². The van der Waals surface area contributed by atoms with Crippen molar-refractivity contribution in [3.8, 4) is 0 Å². The molecule has 19 heavy (non-hydrogen) atoms. The average molecular weight is 266 g/mol. The molecule has 2 rings (SSSR count). The van der Waals surface area contributed by atoms with E-state index in [2.05, 4.69) is 27.9 Å². The fourth-order valence-corrected chi connectivity index (χ4v) is 2.69. The third-order valence-electron chi connectivity index (χ3n) is 3.70. The lowest BCUT2D eigenvalue weighted by Gasteiger charge is -2.35. The molecule has 6 nitrogen and oxygen atoms in total. The molecule has 1 saturated carbocycles. The maximum atomic E-state index is 12.0. The minimum Gasteiger partial charge on any atom is -0.333 e. The van der Waals surface area contributed by atoms with Crippen LogP contribution in [0.5, 0.6) is 0 Å². The van der Waals surface area contributed by atoms with E-state index in [1.54, 1.807) is 6.92 Å². The maximum Gasteiger partial charge on any atom is 0.318 e. The Morgan fingerprint density at radius 2 is 2.05 bits per heavy atom. The van der Waals surface area contributed by atoms with Crippen LogP contribution in [0.4, 0.5) is 4.79 Å². The summed E-state index contributed by atoms with van der Waals surface area (Å²) >= 11 is 0. The van der Waals surface area contributed by atoms with Gasteiger partial charge in [0.25, 0.3) is 0 Å². The minimum atomic E-state index is -0.645. The number of amides is 3. The summed E-state index contributed by atoms with van der Waals surface area (Å²) in [7, 11) is 0. The van der Waals surface area contributed by atoms with Crippen molar-refractivity contribution in [3.05, 3.63) is 0 Å². The molecule has 0 radical (unpaired) electrons. The first kappa shape index (κ1) is 13.8. The van der Waals surface area contributed by atoms with Crippen LogP contribution in [0.25, 0.3) is 0 Å². The van der Waals surface area contributed by atoms with E-state index in [0.29, 0.717) is 6.42 Å². The molecule has 1 heterocycles. The Balaban J connectivity index is 1.87. The number of carbonyl (C=O) groups is 2. The largest absolute Gasteiger partial charge is 0.333 e. The highest BCUT2D eigenvalue weighted by molar-refractivity contribution is 6.01. The van der Waals surface area contributed by atoms with Gasteiger partial charge in [-0.05, 0) is 26.7 Å². The van der Waals surface area contributed by atoms with Gasteiger partial charge in [0.2, 0.25) is 5.91 Å². The number of carbonyl (C=O) groups excluding carboxylic acids is 2. The Morgan fingerprint density at radius 1 is 1.37 bits per heavy atom. The van der Waals surface area contributed by atoms with Crippen LogP contribution < -0.4 is 16.0 Å². The van der Waals surface area contributed by atoms with Crippen molar-refractivity contribution in [2.24, 2.45) is 4.99 Å². The minimum absolute atomic E-state index is 0.110. The van der Waals surface area contributed by atoms with E-state index < -0.39 is 6.29 Å². The molecular formula is C13H22N4O2. The van der Waals surface area contributed by atoms with Crippen LogP contribution in [-0.4, -0.2) is 29.5 Å². The normalized spacial score (nSPS) is 26.1. The van der Waals surface area contributed by atoms with Crippen LogP contribution in [0.15, 0.2) is 4.99 Å². The maximum absolute atomic E-state index is 12.0. The Bertz CT molecular complexity index is 399. The van der Waals surface area contributed by atoms with Crippen molar-refractivity contribution < 1.29 is 9.59 Å². The van der Waals surface area contributed by atoms with Crippen LogP contribution in [0.1, 0.15) is 52.4 Å². The zero-order valence-corrected chi connectivity index (χ0v) is 11.6. The number of hydrogen-bond acceptors (Lipinski definition) is 3. The van der Waals surface area contributed by atoms with E-state index in [4.69, 9.17) is 0 Å². The summed E-state index contributed by atoms with van der Waals surface area (Å²) < 4.78 is 0. The summed E-state index contributed by atoms with van der Waals surface area (Å²) in [6.45, 7) is 3.85. The van der Waals surface area contributed by atoms with Crippen molar-refractivity contribution in [2.75, 3.05) is 0 Å². The molecule has 0 aromatic heterocycles. The number of nitrogens with zero attached hydrogens (tertiary/aromatic N) is 1. The SMILES string of the molecule is CC1=NC(NC(=O)NC2(C)CCCCC2)NC(=O)C1. The second kappa shape index (κ2) is 5.59. The molecule has 1 aliphatic heterocycles. The van der Waals surface area contributed by atoms with E-state index in [0.717, 1.165) is 31.4 Å². The van der Waals surface area contributed by atoms with Crippen LogP contribution in [0.2, 0.25) is 0 Å². The molecular weight excluding hydrogens is 244 g/mol. The van der Waals surface area contributed by atoms with E-state index >= 15 is 0 Å². The highest BCUT2D eigenvalue weighted by Crippen LogP contribution is 2.27. The molecule has 106 valence electrons. The van der Waals surface area contributed by atoms with Gasteiger partial charge in [-0.25, -0.2) is 9.79 Å². The van der Waals surface area contributed by atoms with E-state index in [1.165, 1.54) is 6.42 Å². The van der Waals surface area contributed by atoms with Gasteiger partial charge in [-0.15, -0.1) is 0 Å². The van der Waals surface area contributed by atoms with Gasteiger partial charge in [-0.3, -0.25) is 10.1 Å². The van der Waals surface area contributed by atoms with Crippen molar-refractivity contribution in [1.29, 1.82) is 0 Å². The summed E-state index contributed by atoms with van der Waals surface area (Å²) in [4.78, 5) is 27.5. The lowest BCUT2D eigenvalue weighted by atomic mass is 9.83. The Morgan fingerprint density at radius 3 is 2.68 bits per heavy atom. The fraction of sp³-hybridized carbons (Fsp3) is 0.769. The summed E-state index contributed by atoms with van der Waals surface area (Å²) in [6.07, 6.45) is 5.19. The molecule has 0 spiro atoms. The second-order valence-electron chi connectivity index (χ2n) is 5.73. The molecule has 3 amide bonds. The van der Waals surface area contributed by atoms with Gasteiger partial charge in [0.1, 0.15) is 0 Å². The quantitative estimate of drug-likeness (QED) is 0.703. The molecule has 0 aromatic carbocycles. The summed E-state index contributed by atoms with van der Waals surface area (Å²) in [6, 6.07) is -0.270. The highest BCUT2D eigenvalue weighted by atomic mass is 16.2. The third kappa shape index (κ3) is 3.94. The first-order chi connectivity index (χ1) is 8.97. The molecule has 0 bridgehead atoms. The lowest BCUT2D eigenvalue weighted by molar-refractivity contribution is -0.121. The van der Waals surface area contributed by atoms with E-state index in [1.807, 2.05) is 0 Å². The molecule has 6 heteroatoms. The van der Waals surface area contributed by atoms with Crippen molar-refractivity contribution in [3.63, 3.8) is 0 Å². The molecule has 1 fully saturated rings. The van der Waals surface area contributed by atoms with Gasteiger partial charge in [-0.2, -0.15) is 0 Å². The Kier molecular flexibility index (Phi) is 4.07. The van der Waals surface area contributed by atoms with Crippen LogP contribution in [0, 0.1) is 0 Å². The lowest BCUT2D eigenvalue weighted by Crippen LogP contribution is -2.57. The van der Waals surface area contributed by atoms with Crippen molar-refractivity contribution in [2.45, 2.75) is 64.2 Å². The van der Waals surface area contributed by atoms with Crippen LogP contribution in [-0.2, 0) is 4.79 Å². The summed E-state index contributed by atoms with van der Waals surface area (Å²) in [5.41, 5.74) is 0.595. The molecule has 1 atom stereocenters. The van der Waals surface area contributed by atoms with E-state index in [9.17, 15) is 9.59 Å². The zero-order chi connectivity index (χ0) is 13.9. The number of hydrogen-bond donors (Lipinski definition) is 3. The van der Waals surface area contributed by atoms with Gasteiger partial charge in [0, 0.05) is 11.3 Å². The first-order valence-electron chi connectivity index (χ1n) is 6.88. The predicted octanol–water partition coefficient (Wildman–Crippen LogP) is 1.27. The average Bonchev–Trinajstić information content (AvgIpc) is 2.27. The number of nitrogens with one attached hydrogen (secondary N) is 3. The number of urea groups is 1. The van der Waals surface area contributed by atoms with Crippen molar-refractivity contribution in [1.82, 2.24) is 16.0 Å². The number of rotatable bonds is 2. The fourth-order valence-electron chi connectivity index (χ4n) is 2.69. The first-order valence-corrected chi connectivity index (χ1v) is 6.88. The molecule has 1 aliphatic carbocycles. The van der Waals surface area contributed by atoms with Gasteiger partial charge in [-0.1, -0.05) is 19.3 Å². The predicted molar refractivity (Wildman–Crippen MR) is 72.8 cm³/mol. The topological polar surface area (TPSA) is 82.6 Å². The molecule has 0 aromatic rings. The van der Waals surface area contributed by atoms with Gasteiger partial charge in [0.15, 0.2) is 6.29 Å². The standard InChI is InChI=1S/C13H22N4O2/c1-9-8-10(18)15-11(14-9)16-12(19)17-13(2)6-4-3-5-7-13/h11H,3-8H2,1-2H3,(H,15,18)(H2,16,17,19). The van der Waals surface area contributed by atoms with Gasteiger partial charge >= 0.3 is 6.03 Å². The molecule has 0 saturated heterocycles. The van der Waals surface area contributed by atoms with Crippen molar-refractivity contribution >= 4 is 17.6 Å². The van der Waals surface area contributed by atoms with Gasteiger partial charge in [0.05, 0.1) is 6.42 Å². The van der Waals surface area contributed by atoms with Crippen LogP contribution >= 0.6 is 0 Å². The Hall–Kier alpha value is -1.59. The zero-order valence-electron chi connectivity index (χ0n) is 11.6. The molecule has 3 N–H and O–H groups in total. The summed E-state index contributed by atoms with van der Waals surface area (Å²) in [5, 5.41) is 8.31.